The van der Waals surface area contributed by atoms with Gasteiger partial charge in [-0.3, -0.25) is 9.59 Å². The summed E-state index contributed by atoms with van der Waals surface area (Å²) >= 11 is 0. The van der Waals surface area contributed by atoms with E-state index in [4.69, 9.17) is 14.6 Å². The normalized spacial score (nSPS) is 23.2. The molecule has 0 spiro atoms. The average Bonchev–Trinajstić information content (AvgIpc) is 2.72. The minimum atomic E-state index is -1.02. The molecule has 1 aromatic carbocycles. The van der Waals surface area contributed by atoms with Crippen molar-refractivity contribution in [3.05, 3.63) is 29.8 Å². The van der Waals surface area contributed by atoms with Gasteiger partial charge in [0.2, 0.25) is 0 Å². The van der Waals surface area contributed by atoms with Gasteiger partial charge >= 0.3 is 11.9 Å². The Hall–Kier alpha value is -2.04. The van der Waals surface area contributed by atoms with Crippen LogP contribution < -0.4 is 4.74 Å². The zero-order chi connectivity index (χ0) is 12.4. The number of aliphatic carboxylic acids is 1. The smallest absolute Gasteiger partial charge is 0.311 e. The molecule has 5 heteroatoms. The SMILES string of the molecule is COc1ccc([C@H]2OC(=O)C[C@@H]2C(=O)O)cc1. The summed E-state index contributed by atoms with van der Waals surface area (Å²) in [5.74, 6) is -1.63. The molecule has 0 unspecified atom stereocenters. The molecule has 1 aliphatic rings. The van der Waals surface area contributed by atoms with E-state index in [0.717, 1.165) is 0 Å². The van der Waals surface area contributed by atoms with Gasteiger partial charge in [-0.1, -0.05) is 12.1 Å². The van der Waals surface area contributed by atoms with Gasteiger partial charge in [-0.25, -0.2) is 0 Å². The maximum absolute atomic E-state index is 11.2. The van der Waals surface area contributed by atoms with Crippen LogP contribution in [0.3, 0.4) is 0 Å². The second-order valence-electron chi connectivity index (χ2n) is 3.83. The van der Waals surface area contributed by atoms with Crippen LogP contribution in [-0.4, -0.2) is 24.2 Å². The van der Waals surface area contributed by atoms with Crippen LogP contribution in [0.5, 0.6) is 5.75 Å². The van der Waals surface area contributed by atoms with Gasteiger partial charge in [0, 0.05) is 0 Å². The third kappa shape index (κ3) is 2.22. The van der Waals surface area contributed by atoms with Crippen LogP contribution in [0.2, 0.25) is 0 Å². The monoisotopic (exact) mass is 236 g/mol. The molecule has 0 radical (unpaired) electrons. The van der Waals surface area contributed by atoms with Gasteiger partial charge in [0.25, 0.3) is 0 Å². The summed E-state index contributed by atoms with van der Waals surface area (Å²) in [6, 6.07) is 6.83. The van der Waals surface area contributed by atoms with E-state index in [1.165, 1.54) is 0 Å². The molecule has 5 nitrogen and oxygen atoms in total. The highest BCUT2D eigenvalue weighted by Gasteiger charge is 2.40. The summed E-state index contributed by atoms with van der Waals surface area (Å²) in [7, 11) is 1.55. The Bertz CT molecular complexity index is 437. The highest BCUT2D eigenvalue weighted by molar-refractivity contribution is 5.82. The topological polar surface area (TPSA) is 72.8 Å². The average molecular weight is 236 g/mol. The predicted octanol–water partition coefficient (Wildman–Crippen LogP) is 1.38. The fraction of sp³-hybridized carbons (Fsp3) is 0.333. The van der Waals surface area contributed by atoms with Crippen LogP contribution in [0.4, 0.5) is 0 Å². The van der Waals surface area contributed by atoms with Crippen LogP contribution in [-0.2, 0) is 14.3 Å². The van der Waals surface area contributed by atoms with E-state index in [9.17, 15) is 9.59 Å². The number of rotatable bonds is 3. The lowest BCUT2D eigenvalue weighted by atomic mass is 9.95. The van der Waals surface area contributed by atoms with Crippen LogP contribution in [0.15, 0.2) is 24.3 Å². The lowest BCUT2D eigenvalue weighted by Crippen LogP contribution is -2.17. The predicted molar refractivity (Wildman–Crippen MR) is 57.6 cm³/mol. The molecular weight excluding hydrogens is 224 g/mol. The molecule has 0 aliphatic carbocycles. The lowest BCUT2D eigenvalue weighted by molar-refractivity contribution is -0.144. The van der Waals surface area contributed by atoms with E-state index in [1.54, 1.807) is 31.4 Å². The second-order valence-corrected chi connectivity index (χ2v) is 3.83. The fourth-order valence-electron chi connectivity index (χ4n) is 1.87. The molecule has 0 aromatic heterocycles. The molecule has 1 fully saturated rings. The number of carboxylic acid groups (broad SMARTS) is 1. The summed E-state index contributed by atoms with van der Waals surface area (Å²) in [6.07, 6.45) is -0.780. The highest BCUT2D eigenvalue weighted by Crippen LogP contribution is 2.35. The summed E-state index contributed by atoms with van der Waals surface area (Å²) in [5, 5.41) is 9.01. The van der Waals surface area contributed by atoms with Crippen molar-refractivity contribution in [2.75, 3.05) is 7.11 Å². The molecule has 17 heavy (non-hydrogen) atoms. The van der Waals surface area contributed by atoms with Crippen LogP contribution in [0.1, 0.15) is 18.1 Å². The van der Waals surface area contributed by atoms with E-state index in [1.807, 2.05) is 0 Å². The van der Waals surface area contributed by atoms with Crippen molar-refractivity contribution < 1.29 is 24.2 Å². The van der Waals surface area contributed by atoms with Crippen molar-refractivity contribution in [1.82, 2.24) is 0 Å². The Morgan fingerprint density at radius 3 is 2.59 bits per heavy atom. The van der Waals surface area contributed by atoms with Crippen LogP contribution >= 0.6 is 0 Å². The number of hydrogen-bond acceptors (Lipinski definition) is 4. The summed E-state index contributed by atoms with van der Waals surface area (Å²) in [6.45, 7) is 0. The Morgan fingerprint density at radius 1 is 1.41 bits per heavy atom. The van der Waals surface area contributed by atoms with Crippen molar-refractivity contribution in [3.63, 3.8) is 0 Å². The molecule has 0 bridgehead atoms. The molecule has 1 N–H and O–H groups in total. The van der Waals surface area contributed by atoms with Gasteiger partial charge in [0.1, 0.15) is 17.8 Å². The number of benzene rings is 1. The first kappa shape index (κ1) is 11.4. The minimum absolute atomic E-state index is 0.0774. The maximum Gasteiger partial charge on any atom is 0.311 e. The highest BCUT2D eigenvalue weighted by atomic mass is 16.6. The van der Waals surface area contributed by atoms with Crippen molar-refractivity contribution in [1.29, 1.82) is 0 Å². The van der Waals surface area contributed by atoms with Gasteiger partial charge in [0.05, 0.1) is 13.5 Å². The first-order valence-corrected chi connectivity index (χ1v) is 5.18. The third-order valence-electron chi connectivity index (χ3n) is 2.77. The number of esters is 1. The van der Waals surface area contributed by atoms with Gasteiger partial charge in [-0.2, -0.15) is 0 Å². The number of carboxylic acids is 1. The van der Waals surface area contributed by atoms with Crippen molar-refractivity contribution >= 4 is 11.9 Å². The zero-order valence-electron chi connectivity index (χ0n) is 9.25. The Labute approximate surface area is 98.0 Å². The number of ether oxygens (including phenoxy) is 2. The third-order valence-corrected chi connectivity index (χ3v) is 2.77. The van der Waals surface area contributed by atoms with Crippen molar-refractivity contribution in [2.45, 2.75) is 12.5 Å². The molecular formula is C12H12O5. The van der Waals surface area contributed by atoms with Gasteiger partial charge in [-0.15, -0.1) is 0 Å². The standard InChI is InChI=1S/C12H12O5/c1-16-8-4-2-7(3-5-8)11-9(12(14)15)6-10(13)17-11/h2-5,9,11H,6H2,1H3,(H,14,15)/t9-,11+/m0/s1. The van der Waals surface area contributed by atoms with Gasteiger partial charge in [0.15, 0.2) is 0 Å². The quantitative estimate of drug-likeness (QED) is 0.803. The summed E-state index contributed by atoms with van der Waals surface area (Å²) < 4.78 is 10.0. The van der Waals surface area contributed by atoms with E-state index in [0.29, 0.717) is 11.3 Å². The van der Waals surface area contributed by atoms with Crippen molar-refractivity contribution in [2.24, 2.45) is 5.92 Å². The summed E-state index contributed by atoms with van der Waals surface area (Å²) in [4.78, 5) is 22.2. The summed E-state index contributed by atoms with van der Waals surface area (Å²) in [5.41, 5.74) is 0.670. The Kier molecular flexibility index (Phi) is 2.99. The molecule has 1 aliphatic heterocycles. The molecule has 0 saturated carbocycles. The van der Waals surface area contributed by atoms with Crippen LogP contribution in [0.25, 0.3) is 0 Å². The fourth-order valence-corrected chi connectivity index (χ4v) is 1.87. The number of cyclic esters (lactones) is 1. The molecule has 2 atom stereocenters. The number of carbonyl (C=O) groups excluding carboxylic acids is 1. The maximum atomic E-state index is 11.2. The van der Waals surface area contributed by atoms with E-state index >= 15 is 0 Å². The Balaban J connectivity index is 2.25. The first-order valence-electron chi connectivity index (χ1n) is 5.18. The lowest BCUT2D eigenvalue weighted by Gasteiger charge is -2.14. The zero-order valence-corrected chi connectivity index (χ0v) is 9.25. The van der Waals surface area contributed by atoms with Gasteiger partial charge < -0.3 is 14.6 Å². The van der Waals surface area contributed by atoms with Gasteiger partial charge in [-0.05, 0) is 17.7 Å². The molecule has 1 aromatic rings. The molecule has 90 valence electrons. The largest absolute Gasteiger partial charge is 0.497 e. The van der Waals surface area contributed by atoms with E-state index in [2.05, 4.69) is 0 Å². The molecule has 0 amide bonds. The van der Waals surface area contributed by atoms with Crippen LogP contribution in [0, 0.1) is 5.92 Å². The first-order chi connectivity index (χ1) is 8.11. The molecule has 1 heterocycles. The number of carbonyl (C=O) groups is 2. The minimum Gasteiger partial charge on any atom is -0.497 e. The van der Waals surface area contributed by atoms with E-state index in [-0.39, 0.29) is 6.42 Å². The van der Waals surface area contributed by atoms with Crippen molar-refractivity contribution in [3.8, 4) is 5.75 Å². The second kappa shape index (κ2) is 4.45. The molecule has 1 saturated heterocycles. The number of hydrogen-bond donors (Lipinski definition) is 1. The molecule has 2 rings (SSSR count). The Morgan fingerprint density at radius 2 is 2.06 bits per heavy atom. The van der Waals surface area contributed by atoms with E-state index < -0.39 is 24.0 Å². The number of methoxy groups -OCH3 is 1.